The van der Waals surface area contributed by atoms with Gasteiger partial charge in [0.15, 0.2) is 0 Å². The van der Waals surface area contributed by atoms with E-state index in [2.05, 4.69) is 11.4 Å². The highest BCUT2D eigenvalue weighted by molar-refractivity contribution is 7.12. The van der Waals surface area contributed by atoms with E-state index in [1.165, 1.54) is 4.88 Å². The molecule has 5 nitrogen and oxygen atoms in total. The minimum atomic E-state index is -4.57. The molecule has 33 heavy (non-hydrogen) atoms. The maximum atomic E-state index is 13.4. The van der Waals surface area contributed by atoms with Gasteiger partial charge in [-0.25, -0.2) is 0 Å². The van der Waals surface area contributed by atoms with Crippen molar-refractivity contribution in [2.24, 2.45) is 5.41 Å². The summed E-state index contributed by atoms with van der Waals surface area (Å²) in [5.41, 5.74) is -0.316. The molecule has 178 valence electrons. The first-order valence-electron chi connectivity index (χ1n) is 11.0. The first-order chi connectivity index (χ1) is 15.7. The van der Waals surface area contributed by atoms with Gasteiger partial charge in [-0.3, -0.25) is 9.59 Å². The summed E-state index contributed by atoms with van der Waals surface area (Å²) in [4.78, 5) is 29.6. The van der Waals surface area contributed by atoms with E-state index in [4.69, 9.17) is 4.74 Å². The van der Waals surface area contributed by atoms with E-state index in [1.807, 2.05) is 31.2 Å². The van der Waals surface area contributed by atoms with E-state index >= 15 is 0 Å². The highest BCUT2D eigenvalue weighted by Crippen LogP contribution is 2.53. The van der Waals surface area contributed by atoms with Gasteiger partial charge in [0, 0.05) is 29.3 Å². The molecule has 2 amide bonds. The molecule has 4 rings (SSSR count). The minimum absolute atomic E-state index is 0.0569. The van der Waals surface area contributed by atoms with Crippen molar-refractivity contribution in [2.45, 2.75) is 51.2 Å². The zero-order chi connectivity index (χ0) is 23.8. The smallest absolute Gasteiger partial charge is 0.403 e. The fourth-order valence-electron chi connectivity index (χ4n) is 4.73. The van der Waals surface area contributed by atoms with Crippen molar-refractivity contribution in [3.8, 4) is 5.75 Å². The van der Waals surface area contributed by atoms with Gasteiger partial charge < -0.3 is 15.0 Å². The summed E-state index contributed by atoms with van der Waals surface area (Å²) in [7, 11) is 1.58. The molecule has 1 aromatic carbocycles. The van der Waals surface area contributed by atoms with Crippen LogP contribution in [0.25, 0.3) is 0 Å². The molecule has 1 N–H and O–H groups in total. The number of rotatable bonds is 6. The Bertz CT molecular complexity index is 1050. The molecule has 0 radical (unpaired) electrons. The molecular formula is C24H27F3N2O3S. The number of ether oxygens (including phenoxy) is 1. The zero-order valence-electron chi connectivity index (χ0n) is 18.6. The lowest BCUT2D eigenvalue weighted by Gasteiger charge is -2.41. The molecule has 0 spiro atoms. The summed E-state index contributed by atoms with van der Waals surface area (Å²) in [6, 6.07) is 9.35. The van der Waals surface area contributed by atoms with E-state index < -0.39 is 17.5 Å². The minimum Gasteiger partial charge on any atom is -0.497 e. The molecule has 1 atom stereocenters. The third-order valence-electron chi connectivity index (χ3n) is 6.69. The quantitative estimate of drug-likeness (QED) is 0.648. The van der Waals surface area contributed by atoms with Crippen molar-refractivity contribution < 1.29 is 27.5 Å². The number of hydrogen-bond donors (Lipinski definition) is 1. The number of fused-ring (bicyclic) bond motifs is 1. The number of alkyl halides is 3. The monoisotopic (exact) mass is 480 g/mol. The number of methoxy groups -OCH3 is 1. The lowest BCUT2D eigenvalue weighted by Crippen LogP contribution is -2.55. The predicted octanol–water partition coefficient (Wildman–Crippen LogP) is 4.78. The average molecular weight is 481 g/mol. The molecule has 1 aliphatic heterocycles. The fourth-order valence-corrected chi connectivity index (χ4v) is 5.79. The summed E-state index contributed by atoms with van der Waals surface area (Å²) < 4.78 is 45.5. The summed E-state index contributed by atoms with van der Waals surface area (Å²) in [5.74, 6) is -0.538. The zero-order valence-corrected chi connectivity index (χ0v) is 19.4. The van der Waals surface area contributed by atoms with Crippen LogP contribution >= 0.6 is 11.3 Å². The van der Waals surface area contributed by atoms with E-state index in [-0.39, 0.29) is 37.8 Å². The van der Waals surface area contributed by atoms with Gasteiger partial charge in [0.05, 0.1) is 13.2 Å². The molecule has 9 heteroatoms. The SMILES string of the molecule is COc1cccc([C@@H]2c3cc(C)sc3CCN2C(=O)CCNC(=O)C2(C(F)(F)F)CCC2)c1. The summed E-state index contributed by atoms with van der Waals surface area (Å²) in [6.45, 7) is 2.42. The second kappa shape index (κ2) is 9.00. The lowest BCUT2D eigenvalue weighted by atomic mass is 9.67. The molecule has 2 aliphatic rings. The van der Waals surface area contributed by atoms with Crippen LogP contribution in [0, 0.1) is 12.3 Å². The number of thiophene rings is 1. The topological polar surface area (TPSA) is 58.6 Å². The highest BCUT2D eigenvalue weighted by Gasteiger charge is 2.63. The maximum absolute atomic E-state index is 13.4. The normalized spacial score (nSPS) is 19.4. The first-order valence-corrected chi connectivity index (χ1v) is 11.9. The Balaban J connectivity index is 1.49. The summed E-state index contributed by atoms with van der Waals surface area (Å²) >= 11 is 1.72. The van der Waals surface area contributed by atoms with E-state index in [9.17, 15) is 22.8 Å². The number of benzene rings is 1. The van der Waals surface area contributed by atoms with E-state index in [0.29, 0.717) is 18.7 Å². The predicted molar refractivity (Wildman–Crippen MR) is 119 cm³/mol. The third-order valence-corrected chi connectivity index (χ3v) is 7.82. The number of hydrogen-bond acceptors (Lipinski definition) is 4. The van der Waals surface area contributed by atoms with Crippen molar-refractivity contribution in [1.29, 1.82) is 0 Å². The molecule has 1 saturated carbocycles. The molecular weight excluding hydrogens is 453 g/mol. The van der Waals surface area contributed by atoms with Crippen LogP contribution in [0.3, 0.4) is 0 Å². The number of amides is 2. The average Bonchev–Trinajstić information content (AvgIpc) is 3.11. The van der Waals surface area contributed by atoms with Gasteiger partial charge in [-0.1, -0.05) is 18.6 Å². The number of carbonyl (C=O) groups is 2. The van der Waals surface area contributed by atoms with Crippen molar-refractivity contribution in [2.75, 3.05) is 20.2 Å². The van der Waals surface area contributed by atoms with Crippen molar-refractivity contribution in [3.63, 3.8) is 0 Å². The third kappa shape index (κ3) is 4.35. The Morgan fingerprint density at radius 2 is 2.03 bits per heavy atom. The molecule has 1 fully saturated rings. The largest absolute Gasteiger partial charge is 0.497 e. The Kier molecular flexibility index (Phi) is 6.44. The Morgan fingerprint density at radius 3 is 2.67 bits per heavy atom. The summed E-state index contributed by atoms with van der Waals surface area (Å²) in [5, 5.41) is 2.37. The molecule has 0 saturated heterocycles. The van der Waals surface area contributed by atoms with E-state index in [1.54, 1.807) is 23.3 Å². The number of nitrogens with one attached hydrogen (secondary N) is 1. The Morgan fingerprint density at radius 1 is 1.27 bits per heavy atom. The molecule has 0 unspecified atom stereocenters. The molecule has 2 aromatic rings. The van der Waals surface area contributed by atoms with Gasteiger partial charge in [-0.15, -0.1) is 11.3 Å². The van der Waals surface area contributed by atoms with Crippen LogP contribution in [0.15, 0.2) is 30.3 Å². The number of carbonyl (C=O) groups excluding carboxylic acids is 2. The van der Waals surface area contributed by atoms with Gasteiger partial charge in [0.1, 0.15) is 11.2 Å². The second-order valence-corrected chi connectivity index (χ2v) is 10.0. The number of halogens is 3. The Labute approximate surface area is 194 Å². The first kappa shape index (κ1) is 23.6. The van der Waals surface area contributed by atoms with Crippen molar-refractivity contribution in [1.82, 2.24) is 10.2 Å². The van der Waals surface area contributed by atoms with Crippen LogP contribution in [-0.2, 0) is 16.0 Å². The molecule has 1 aromatic heterocycles. The van der Waals surface area contributed by atoms with Crippen LogP contribution in [0.4, 0.5) is 13.2 Å². The van der Waals surface area contributed by atoms with Gasteiger partial charge in [-0.05, 0) is 55.5 Å². The standard InChI is InChI=1S/C24H27F3N2O3S/c1-15-13-18-19(33-15)8-12-29(21(18)16-5-3-6-17(14-16)32-2)20(30)7-11-28-22(31)23(9-4-10-23)24(25,26)27/h3,5-6,13-14,21H,4,7-12H2,1-2H3,(H,28,31)/t21-/m1/s1. The Hall–Kier alpha value is -2.55. The van der Waals surface area contributed by atoms with Crippen molar-refractivity contribution in [3.05, 3.63) is 51.2 Å². The second-order valence-electron chi connectivity index (χ2n) is 8.69. The molecule has 0 bridgehead atoms. The lowest BCUT2D eigenvalue weighted by molar-refractivity contribution is -0.243. The molecule has 1 aliphatic carbocycles. The van der Waals surface area contributed by atoms with Crippen LogP contribution in [0.5, 0.6) is 5.75 Å². The fraction of sp³-hybridized carbons (Fsp3) is 0.500. The van der Waals surface area contributed by atoms with Gasteiger partial charge in [-0.2, -0.15) is 13.2 Å². The maximum Gasteiger partial charge on any atom is 0.403 e. The van der Waals surface area contributed by atoms with Crippen LogP contribution < -0.4 is 10.1 Å². The van der Waals surface area contributed by atoms with E-state index in [0.717, 1.165) is 22.4 Å². The van der Waals surface area contributed by atoms with Gasteiger partial charge >= 0.3 is 6.18 Å². The highest BCUT2D eigenvalue weighted by atomic mass is 32.1. The van der Waals surface area contributed by atoms with Crippen LogP contribution in [-0.4, -0.2) is 43.1 Å². The van der Waals surface area contributed by atoms with Gasteiger partial charge in [0.2, 0.25) is 11.8 Å². The number of aryl methyl sites for hydroxylation is 1. The number of nitrogens with zero attached hydrogens (tertiary/aromatic N) is 1. The van der Waals surface area contributed by atoms with Crippen molar-refractivity contribution >= 4 is 23.2 Å². The summed E-state index contributed by atoms with van der Waals surface area (Å²) in [6.07, 6.45) is -3.91. The van der Waals surface area contributed by atoms with Crippen LogP contribution in [0.2, 0.25) is 0 Å². The van der Waals surface area contributed by atoms with Crippen LogP contribution in [0.1, 0.15) is 52.6 Å². The van der Waals surface area contributed by atoms with Gasteiger partial charge in [0.25, 0.3) is 0 Å². The molecule has 2 heterocycles.